The molecule has 5 heteroatoms. The maximum atomic E-state index is 9.70. The monoisotopic (exact) mass is 234 g/mol. The van der Waals surface area contributed by atoms with Crippen molar-refractivity contribution in [3.05, 3.63) is 0 Å². The van der Waals surface area contributed by atoms with Crippen LogP contribution < -0.4 is 0 Å². The molecule has 0 saturated carbocycles. The van der Waals surface area contributed by atoms with E-state index in [9.17, 15) is 5.11 Å². The Kier molecular flexibility index (Phi) is 6.23. The molecule has 4 atom stereocenters. The van der Waals surface area contributed by atoms with Gasteiger partial charge in [-0.15, -0.1) is 0 Å². The Morgan fingerprint density at radius 3 is 2.19 bits per heavy atom. The van der Waals surface area contributed by atoms with E-state index in [0.717, 1.165) is 0 Å². The van der Waals surface area contributed by atoms with Gasteiger partial charge in [-0.25, -0.2) is 0 Å². The summed E-state index contributed by atoms with van der Waals surface area (Å²) in [5.41, 5.74) is 0. The minimum absolute atomic E-state index is 0.258. The zero-order chi connectivity index (χ0) is 12.0. The van der Waals surface area contributed by atoms with E-state index in [2.05, 4.69) is 0 Å². The summed E-state index contributed by atoms with van der Waals surface area (Å²) in [7, 11) is 0. The molecular formula is C11H22O5. The average molecular weight is 234 g/mol. The lowest BCUT2D eigenvalue weighted by Crippen LogP contribution is -2.39. The van der Waals surface area contributed by atoms with Gasteiger partial charge in [-0.1, -0.05) is 0 Å². The molecule has 1 fully saturated rings. The van der Waals surface area contributed by atoms with Crippen molar-refractivity contribution in [1.29, 1.82) is 0 Å². The summed E-state index contributed by atoms with van der Waals surface area (Å²) in [6, 6.07) is 0. The molecule has 1 heterocycles. The van der Waals surface area contributed by atoms with Crippen LogP contribution in [0.25, 0.3) is 0 Å². The summed E-state index contributed by atoms with van der Waals surface area (Å²) in [4.78, 5) is 0. The molecule has 96 valence electrons. The van der Waals surface area contributed by atoms with E-state index in [1.165, 1.54) is 0 Å². The van der Waals surface area contributed by atoms with Gasteiger partial charge < -0.3 is 24.1 Å². The van der Waals surface area contributed by atoms with Crippen molar-refractivity contribution < 1.29 is 24.1 Å². The van der Waals surface area contributed by atoms with Gasteiger partial charge in [-0.3, -0.25) is 0 Å². The van der Waals surface area contributed by atoms with Crippen LogP contribution in [0.2, 0.25) is 0 Å². The molecule has 0 bridgehead atoms. The minimum Gasteiger partial charge on any atom is -0.379 e. The number of hydrogen-bond donors (Lipinski definition) is 1. The van der Waals surface area contributed by atoms with E-state index in [4.69, 9.17) is 18.9 Å². The van der Waals surface area contributed by atoms with Crippen molar-refractivity contribution >= 4 is 0 Å². The van der Waals surface area contributed by atoms with E-state index in [1.54, 1.807) is 0 Å². The van der Waals surface area contributed by atoms with Crippen molar-refractivity contribution in [1.82, 2.24) is 0 Å². The molecule has 0 aromatic carbocycles. The highest BCUT2D eigenvalue weighted by atomic mass is 16.7. The quantitative estimate of drug-likeness (QED) is 0.697. The average Bonchev–Trinajstić information content (AvgIpc) is 2.55. The molecule has 0 unspecified atom stereocenters. The first-order valence-electron chi connectivity index (χ1n) is 5.89. The lowest BCUT2D eigenvalue weighted by atomic mass is 10.1. The van der Waals surface area contributed by atoms with Crippen LogP contribution in [-0.4, -0.2) is 56.1 Å². The van der Waals surface area contributed by atoms with Gasteiger partial charge in [0, 0.05) is 19.8 Å². The summed E-state index contributed by atoms with van der Waals surface area (Å²) in [5.74, 6) is 0. The fourth-order valence-corrected chi connectivity index (χ4v) is 1.84. The summed E-state index contributed by atoms with van der Waals surface area (Å²) in [6.45, 7) is 7.83. The lowest BCUT2D eigenvalue weighted by molar-refractivity contribution is -0.148. The van der Waals surface area contributed by atoms with Gasteiger partial charge in [-0.05, 0) is 20.8 Å². The number of aliphatic hydroxyl groups is 1. The van der Waals surface area contributed by atoms with Crippen molar-refractivity contribution in [2.75, 3.05) is 26.4 Å². The molecule has 1 N–H and O–H groups in total. The first-order valence-corrected chi connectivity index (χ1v) is 5.89. The standard InChI is InChI=1S/C11H22O5/c1-4-13-7-8-9(14-5-2)10(15-6-3)11(12)16-8/h8-12H,4-7H2,1-3H3/t8-,9-,10+,11+/m1/s1. The molecule has 5 nitrogen and oxygen atoms in total. The van der Waals surface area contributed by atoms with E-state index in [0.29, 0.717) is 26.4 Å². The van der Waals surface area contributed by atoms with Crippen LogP contribution in [0.4, 0.5) is 0 Å². The Bertz CT molecular complexity index is 187. The lowest BCUT2D eigenvalue weighted by Gasteiger charge is -2.22. The molecule has 1 aliphatic heterocycles. The summed E-state index contributed by atoms with van der Waals surface area (Å²) in [5, 5.41) is 9.70. The molecule has 0 aromatic rings. The fourth-order valence-electron chi connectivity index (χ4n) is 1.84. The third-order valence-electron chi connectivity index (χ3n) is 2.49. The molecule has 1 rings (SSSR count). The van der Waals surface area contributed by atoms with Crippen LogP contribution in [0.5, 0.6) is 0 Å². The number of ether oxygens (including phenoxy) is 4. The second-order valence-corrected chi connectivity index (χ2v) is 3.56. The van der Waals surface area contributed by atoms with Crippen LogP contribution in [0, 0.1) is 0 Å². The third kappa shape index (κ3) is 3.40. The van der Waals surface area contributed by atoms with Gasteiger partial charge in [-0.2, -0.15) is 0 Å². The minimum atomic E-state index is -0.929. The normalized spacial score (nSPS) is 34.5. The molecule has 1 aliphatic rings. The maximum Gasteiger partial charge on any atom is 0.184 e. The maximum absolute atomic E-state index is 9.70. The molecule has 0 amide bonds. The largest absolute Gasteiger partial charge is 0.379 e. The predicted octanol–water partition coefficient (Wildman–Crippen LogP) is 0.550. The predicted molar refractivity (Wildman–Crippen MR) is 58.2 cm³/mol. The fraction of sp³-hybridized carbons (Fsp3) is 1.00. The van der Waals surface area contributed by atoms with Crippen LogP contribution >= 0.6 is 0 Å². The third-order valence-corrected chi connectivity index (χ3v) is 2.49. The molecule has 0 spiro atoms. The number of hydrogen-bond acceptors (Lipinski definition) is 5. The van der Waals surface area contributed by atoms with Crippen molar-refractivity contribution in [2.45, 2.75) is 45.4 Å². The smallest absolute Gasteiger partial charge is 0.184 e. The topological polar surface area (TPSA) is 57.2 Å². The Morgan fingerprint density at radius 1 is 1.00 bits per heavy atom. The van der Waals surface area contributed by atoms with Crippen LogP contribution in [-0.2, 0) is 18.9 Å². The second kappa shape index (κ2) is 7.19. The Morgan fingerprint density at radius 2 is 1.62 bits per heavy atom. The highest BCUT2D eigenvalue weighted by Crippen LogP contribution is 2.25. The number of aliphatic hydroxyl groups excluding tert-OH is 1. The van der Waals surface area contributed by atoms with Gasteiger partial charge in [0.2, 0.25) is 0 Å². The number of rotatable bonds is 7. The highest BCUT2D eigenvalue weighted by Gasteiger charge is 2.45. The summed E-state index contributed by atoms with van der Waals surface area (Å²) < 4.78 is 21.7. The van der Waals surface area contributed by atoms with Gasteiger partial charge in [0.15, 0.2) is 6.29 Å². The second-order valence-electron chi connectivity index (χ2n) is 3.56. The van der Waals surface area contributed by atoms with E-state index in [1.807, 2.05) is 20.8 Å². The zero-order valence-electron chi connectivity index (χ0n) is 10.2. The van der Waals surface area contributed by atoms with Gasteiger partial charge in [0.1, 0.15) is 18.3 Å². The molecule has 16 heavy (non-hydrogen) atoms. The molecule has 0 aromatic heterocycles. The molecule has 0 aliphatic carbocycles. The van der Waals surface area contributed by atoms with Crippen LogP contribution in [0.15, 0.2) is 0 Å². The first kappa shape index (κ1) is 13.9. The highest BCUT2D eigenvalue weighted by molar-refractivity contribution is 4.88. The van der Waals surface area contributed by atoms with Crippen molar-refractivity contribution in [2.24, 2.45) is 0 Å². The Labute approximate surface area is 96.6 Å². The van der Waals surface area contributed by atoms with E-state index < -0.39 is 12.4 Å². The molecular weight excluding hydrogens is 212 g/mol. The van der Waals surface area contributed by atoms with Crippen molar-refractivity contribution in [3.8, 4) is 0 Å². The molecule has 1 saturated heterocycles. The molecule has 0 radical (unpaired) electrons. The van der Waals surface area contributed by atoms with Gasteiger partial charge in [0.05, 0.1) is 6.61 Å². The van der Waals surface area contributed by atoms with Crippen molar-refractivity contribution in [3.63, 3.8) is 0 Å². The SMILES string of the molecule is CCOC[C@H]1O[C@H](O)[C@@H](OCC)[C@@H]1OCC. The summed E-state index contributed by atoms with van der Waals surface area (Å²) in [6.07, 6.45) is -1.87. The van der Waals surface area contributed by atoms with Gasteiger partial charge in [0.25, 0.3) is 0 Å². The van der Waals surface area contributed by atoms with E-state index >= 15 is 0 Å². The van der Waals surface area contributed by atoms with Crippen LogP contribution in [0.3, 0.4) is 0 Å². The zero-order valence-corrected chi connectivity index (χ0v) is 10.2. The van der Waals surface area contributed by atoms with E-state index in [-0.39, 0.29) is 12.2 Å². The summed E-state index contributed by atoms with van der Waals surface area (Å²) >= 11 is 0. The first-order chi connectivity index (χ1) is 7.74. The Hall–Kier alpha value is -0.200. The van der Waals surface area contributed by atoms with Crippen LogP contribution in [0.1, 0.15) is 20.8 Å². The van der Waals surface area contributed by atoms with Gasteiger partial charge >= 0.3 is 0 Å². The Balaban J connectivity index is 2.56.